The van der Waals surface area contributed by atoms with Crippen LogP contribution in [0.25, 0.3) is 5.69 Å². The smallest absolute Gasteiger partial charge is 0.408 e. The molecule has 0 saturated carbocycles. The van der Waals surface area contributed by atoms with Crippen molar-refractivity contribution in [2.24, 2.45) is 0 Å². The largest absolute Gasteiger partial charge is 0.480 e. The van der Waals surface area contributed by atoms with Gasteiger partial charge < -0.3 is 19.7 Å². The Balaban J connectivity index is 1.52. The van der Waals surface area contributed by atoms with E-state index in [9.17, 15) is 14.7 Å². The van der Waals surface area contributed by atoms with Gasteiger partial charge in [-0.1, -0.05) is 18.2 Å². The highest BCUT2D eigenvalue weighted by Gasteiger charge is 2.37. The lowest BCUT2D eigenvalue weighted by Crippen LogP contribution is -2.53. The minimum Gasteiger partial charge on any atom is -0.480 e. The maximum absolute atomic E-state index is 12.3. The third-order valence-corrected chi connectivity index (χ3v) is 5.88. The van der Waals surface area contributed by atoms with Crippen molar-refractivity contribution >= 4 is 12.1 Å². The number of hydrogen-bond acceptors (Lipinski definition) is 5. The molecule has 31 heavy (non-hydrogen) atoms. The van der Waals surface area contributed by atoms with E-state index in [1.165, 1.54) is 5.56 Å². The van der Waals surface area contributed by atoms with E-state index >= 15 is 0 Å². The summed E-state index contributed by atoms with van der Waals surface area (Å²) in [6.45, 7) is 6.02. The lowest BCUT2D eigenvalue weighted by Gasteiger charge is -2.31. The van der Waals surface area contributed by atoms with Gasteiger partial charge in [-0.3, -0.25) is 9.69 Å². The molecule has 0 unspecified atom stereocenters. The van der Waals surface area contributed by atoms with Crippen LogP contribution in [0, 0.1) is 0 Å². The van der Waals surface area contributed by atoms with Gasteiger partial charge >= 0.3 is 12.1 Å². The van der Waals surface area contributed by atoms with Crippen molar-refractivity contribution in [2.75, 3.05) is 6.54 Å². The normalized spacial score (nSPS) is 19.4. The number of aromatic nitrogens is 2. The van der Waals surface area contributed by atoms with Crippen molar-refractivity contribution < 1.29 is 19.4 Å². The van der Waals surface area contributed by atoms with Crippen LogP contribution in [-0.2, 0) is 28.8 Å². The number of benzene rings is 1. The summed E-state index contributed by atoms with van der Waals surface area (Å²) in [7, 11) is 0. The second kappa shape index (κ2) is 8.34. The molecule has 1 aromatic heterocycles. The van der Waals surface area contributed by atoms with E-state index < -0.39 is 23.7 Å². The first-order valence-corrected chi connectivity index (χ1v) is 10.8. The Morgan fingerprint density at radius 3 is 2.81 bits per heavy atom. The molecule has 0 spiro atoms. The lowest BCUT2D eigenvalue weighted by molar-refractivity contribution is -0.144. The number of para-hydroxylation sites is 1. The molecule has 0 bridgehead atoms. The lowest BCUT2D eigenvalue weighted by atomic mass is 9.98. The second-order valence-corrected chi connectivity index (χ2v) is 9.24. The van der Waals surface area contributed by atoms with Crippen molar-refractivity contribution in [1.29, 1.82) is 0 Å². The monoisotopic (exact) mass is 426 g/mol. The molecule has 1 aromatic carbocycles. The van der Waals surface area contributed by atoms with Gasteiger partial charge in [0.2, 0.25) is 0 Å². The van der Waals surface area contributed by atoms with Crippen molar-refractivity contribution in [3.8, 4) is 5.69 Å². The highest BCUT2D eigenvalue weighted by Crippen LogP contribution is 2.28. The number of ether oxygens (including phenoxy) is 1. The standard InChI is InChI=1S/C23H30N4O4/c1-23(2,3)31-22(30)25-20-9-6-12-26(20)19(21(28)29)13-16-18-11-10-15-7-4-5-8-17(15)27(18)14-24-16/h4-5,7-8,14,19-20H,6,9-13H2,1-3H3,(H,25,30)(H,28,29)/t19-,20-/m0/s1. The molecule has 1 amide bonds. The van der Waals surface area contributed by atoms with Gasteiger partial charge in [0.1, 0.15) is 11.6 Å². The van der Waals surface area contributed by atoms with Crippen LogP contribution < -0.4 is 5.32 Å². The van der Waals surface area contributed by atoms with Gasteiger partial charge in [-0.25, -0.2) is 9.78 Å². The molecule has 8 heteroatoms. The minimum atomic E-state index is -0.907. The number of rotatable bonds is 5. The Labute approximate surface area is 182 Å². The Morgan fingerprint density at radius 1 is 1.29 bits per heavy atom. The van der Waals surface area contributed by atoms with Crippen LogP contribution in [0.15, 0.2) is 30.6 Å². The molecule has 3 heterocycles. The summed E-state index contributed by atoms with van der Waals surface area (Å²) >= 11 is 0. The zero-order valence-electron chi connectivity index (χ0n) is 18.3. The summed E-state index contributed by atoms with van der Waals surface area (Å²) < 4.78 is 7.44. The van der Waals surface area contributed by atoms with E-state index in [1.807, 2.05) is 17.0 Å². The van der Waals surface area contributed by atoms with E-state index in [0.717, 1.165) is 36.3 Å². The van der Waals surface area contributed by atoms with E-state index in [-0.39, 0.29) is 6.17 Å². The quantitative estimate of drug-likeness (QED) is 0.763. The predicted molar refractivity (Wildman–Crippen MR) is 115 cm³/mol. The van der Waals surface area contributed by atoms with Crippen LogP contribution >= 0.6 is 0 Å². The van der Waals surface area contributed by atoms with Gasteiger partial charge in [0.15, 0.2) is 0 Å². The van der Waals surface area contributed by atoms with Crippen LogP contribution in [-0.4, -0.2) is 56.0 Å². The maximum Gasteiger partial charge on any atom is 0.408 e. The number of nitrogens with one attached hydrogen (secondary N) is 1. The van der Waals surface area contributed by atoms with E-state index in [0.29, 0.717) is 19.4 Å². The van der Waals surface area contributed by atoms with Crippen molar-refractivity contribution in [3.05, 3.63) is 47.5 Å². The molecule has 1 saturated heterocycles. The van der Waals surface area contributed by atoms with Gasteiger partial charge in [-0.2, -0.15) is 0 Å². The highest BCUT2D eigenvalue weighted by atomic mass is 16.6. The number of aryl methyl sites for hydroxylation is 1. The number of carbonyl (C=O) groups is 2. The minimum absolute atomic E-state index is 0.298. The van der Waals surface area contributed by atoms with E-state index in [1.54, 1.807) is 27.1 Å². The molecule has 2 aliphatic rings. The summed E-state index contributed by atoms with van der Waals surface area (Å²) in [5.41, 5.74) is 3.66. The predicted octanol–water partition coefficient (Wildman–Crippen LogP) is 2.91. The Morgan fingerprint density at radius 2 is 2.06 bits per heavy atom. The van der Waals surface area contributed by atoms with E-state index in [4.69, 9.17) is 4.74 Å². The molecule has 0 radical (unpaired) electrons. The van der Waals surface area contributed by atoms with Crippen LogP contribution in [0.3, 0.4) is 0 Å². The molecule has 166 valence electrons. The molecule has 1 fully saturated rings. The van der Waals surface area contributed by atoms with Crippen molar-refractivity contribution in [3.63, 3.8) is 0 Å². The average molecular weight is 427 g/mol. The van der Waals surface area contributed by atoms with Gasteiger partial charge in [0.25, 0.3) is 0 Å². The number of hydrogen-bond donors (Lipinski definition) is 2. The zero-order chi connectivity index (χ0) is 22.2. The van der Waals surface area contributed by atoms with Crippen molar-refractivity contribution in [1.82, 2.24) is 19.8 Å². The fourth-order valence-electron chi connectivity index (χ4n) is 4.55. The van der Waals surface area contributed by atoms with Crippen LogP contribution in [0.1, 0.15) is 50.6 Å². The first kappa shape index (κ1) is 21.4. The summed E-state index contributed by atoms with van der Waals surface area (Å²) in [5, 5.41) is 12.9. The number of amides is 1. The summed E-state index contributed by atoms with van der Waals surface area (Å²) in [5.74, 6) is -0.907. The fourth-order valence-corrected chi connectivity index (χ4v) is 4.55. The number of carboxylic acid groups (broad SMARTS) is 1. The zero-order valence-corrected chi connectivity index (χ0v) is 18.3. The number of nitrogens with zero attached hydrogens (tertiary/aromatic N) is 3. The Kier molecular flexibility index (Phi) is 5.75. The first-order valence-electron chi connectivity index (χ1n) is 10.8. The number of carboxylic acids is 1. The maximum atomic E-state index is 12.3. The summed E-state index contributed by atoms with van der Waals surface area (Å²) in [6.07, 6.45) is 4.46. The number of fused-ring (bicyclic) bond motifs is 3. The number of aliphatic carboxylic acids is 1. The van der Waals surface area contributed by atoms with Crippen LogP contribution in [0.4, 0.5) is 4.79 Å². The summed E-state index contributed by atoms with van der Waals surface area (Å²) in [4.78, 5) is 30.9. The second-order valence-electron chi connectivity index (χ2n) is 9.24. The van der Waals surface area contributed by atoms with Gasteiger partial charge in [-0.05, 0) is 58.1 Å². The average Bonchev–Trinajstić information content (AvgIpc) is 3.31. The van der Waals surface area contributed by atoms with Gasteiger partial charge in [-0.15, -0.1) is 0 Å². The van der Waals surface area contributed by atoms with Crippen LogP contribution in [0.2, 0.25) is 0 Å². The molecule has 8 nitrogen and oxygen atoms in total. The summed E-state index contributed by atoms with van der Waals surface area (Å²) in [6, 6.07) is 7.46. The topological polar surface area (TPSA) is 96.7 Å². The molecule has 2 aliphatic heterocycles. The van der Waals surface area contributed by atoms with Gasteiger partial charge in [0, 0.05) is 24.3 Å². The highest BCUT2D eigenvalue weighted by molar-refractivity contribution is 5.74. The first-order chi connectivity index (χ1) is 14.7. The van der Waals surface area contributed by atoms with Crippen LogP contribution in [0.5, 0.6) is 0 Å². The Bertz CT molecular complexity index is 978. The Hall–Kier alpha value is -2.87. The third-order valence-electron chi connectivity index (χ3n) is 5.88. The number of imidazole rings is 1. The van der Waals surface area contributed by atoms with Crippen molar-refractivity contribution in [2.45, 2.75) is 70.7 Å². The molecule has 4 rings (SSSR count). The van der Waals surface area contributed by atoms with E-state index in [2.05, 4.69) is 27.0 Å². The number of likely N-dealkylation sites (tertiary alicyclic amines) is 1. The third kappa shape index (κ3) is 4.58. The van der Waals surface area contributed by atoms with Gasteiger partial charge in [0.05, 0.1) is 18.2 Å². The molecule has 2 atom stereocenters. The number of carbonyl (C=O) groups excluding carboxylic acids is 1. The molecule has 2 N–H and O–H groups in total. The number of alkyl carbamates (subject to hydrolysis) is 1. The molecule has 2 aromatic rings. The molecular weight excluding hydrogens is 396 g/mol. The SMILES string of the molecule is CC(C)(C)OC(=O)N[C@@H]1CCCN1[C@@H](Cc1ncn2c1CCc1ccccc1-2)C(=O)O. The molecule has 0 aliphatic carbocycles. The molecular formula is C23H30N4O4. The fraction of sp³-hybridized carbons (Fsp3) is 0.522.